The third-order valence-corrected chi connectivity index (χ3v) is 3.61. The second-order valence-electron chi connectivity index (χ2n) is 5.06. The molecule has 0 saturated heterocycles. The number of benzene rings is 1. The number of carbonyl (C=O) groups is 2. The largest absolute Gasteiger partial charge is 0.480 e. The topological polar surface area (TPSA) is 66.4 Å². The molecular weight excluding hydrogens is 242 g/mol. The highest BCUT2D eigenvalue weighted by Gasteiger charge is 2.29. The van der Waals surface area contributed by atoms with Gasteiger partial charge in [0.05, 0.1) is 0 Å². The third-order valence-electron chi connectivity index (χ3n) is 3.61. The highest BCUT2D eigenvalue weighted by molar-refractivity contribution is 5.85. The predicted octanol–water partition coefficient (Wildman–Crippen LogP) is 1.77. The van der Waals surface area contributed by atoms with Gasteiger partial charge in [-0.15, -0.1) is 0 Å². The van der Waals surface area contributed by atoms with E-state index in [1.165, 1.54) is 11.1 Å². The van der Waals surface area contributed by atoms with Crippen molar-refractivity contribution in [3.05, 3.63) is 35.4 Å². The molecule has 0 heterocycles. The number of carboxylic acids is 1. The van der Waals surface area contributed by atoms with E-state index in [1.54, 1.807) is 0 Å². The average Bonchev–Trinajstić information content (AvgIpc) is 2.81. The van der Waals surface area contributed by atoms with Crippen LogP contribution >= 0.6 is 0 Å². The molecule has 1 atom stereocenters. The van der Waals surface area contributed by atoms with Gasteiger partial charge in [-0.05, 0) is 30.4 Å². The number of amides is 1. The van der Waals surface area contributed by atoms with Crippen molar-refractivity contribution in [3.63, 3.8) is 0 Å². The molecule has 1 aromatic rings. The predicted molar refractivity (Wildman–Crippen MR) is 71.8 cm³/mol. The summed E-state index contributed by atoms with van der Waals surface area (Å²) in [5, 5.41) is 11.7. The van der Waals surface area contributed by atoms with Crippen molar-refractivity contribution in [3.8, 4) is 0 Å². The smallest absolute Gasteiger partial charge is 0.326 e. The molecule has 1 aromatic carbocycles. The molecule has 0 spiro atoms. The van der Waals surface area contributed by atoms with Gasteiger partial charge in [-0.1, -0.05) is 37.6 Å². The Kier molecular flexibility index (Phi) is 4.20. The van der Waals surface area contributed by atoms with Crippen LogP contribution in [0.2, 0.25) is 0 Å². The summed E-state index contributed by atoms with van der Waals surface area (Å²) in [5.74, 6) is -1.22. The fraction of sp³-hybridized carbons (Fsp3) is 0.467. The summed E-state index contributed by atoms with van der Waals surface area (Å²) in [6.07, 6.45) is 2.63. The zero-order chi connectivity index (χ0) is 13.8. The number of hydrogen-bond acceptors (Lipinski definition) is 2. The van der Waals surface area contributed by atoms with E-state index >= 15 is 0 Å². The zero-order valence-electron chi connectivity index (χ0n) is 11.1. The molecule has 0 saturated carbocycles. The number of carboxylic acid groups (broad SMARTS) is 1. The Morgan fingerprint density at radius 1 is 1.32 bits per heavy atom. The van der Waals surface area contributed by atoms with E-state index in [1.807, 2.05) is 31.2 Å². The van der Waals surface area contributed by atoms with Gasteiger partial charge in [0.2, 0.25) is 5.91 Å². The van der Waals surface area contributed by atoms with Crippen LogP contribution in [0.25, 0.3) is 0 Å². The number of hydrogen-bond donors (Lipinski definition) is 2. The molecule has 0 unspecified atom stereocenters. The highest BCUT2D eigenvalue weighted by atomic mass is 16.4. The monoisotopic (exact) mass is 261 g/mol. The lowest BCUT2D eigenvalue weighted by Gasteiger charge is -2.16. The standard InChI is InChI=1S/C15H19NO3/c1-2-5-13(15(18)19)16-14(17)12-8-10-6-3-4-7-11(10)9-12/h3-4,6-7,12-13H,2,5,8-9H2,1H3,(H,16,17)(H,18,19)/t13-/m1/s1. The maximum absolute atomic E-state index is 12.1. The lowest BCUT2D eigenvalue weighted by atomic mass is 10.0. The lowest BCUT2D eigenvalue weighted by molar-refractivity contribution is -0.142. The summed E-state index contributed by atoms with van der Waals surface area (Å²) in [7, 11) is 0. The van der Waals surface area contributed by atoms with Crippen LogP contribution in [-0.4, -0.2) is 23.0 Å². The first-order valence-electron chi connectivity index (χ1n) is 6.71. The minimum absolute atomic E-state index is 0.129. The van der Waals surface area contributed by atoms with Gasteiger partial charge in [-0.25, -0.2) is 4.79 Å². The molecule has 1 amide bonds. The van der Waals surface area contributed by atoms with E-state index in [2.05, 4.69) is 5.32 Å². The molecule has 1 aliphatic rings. The summed E-state index contributed by atoms with van der Waals surface area (Å²) in [6, 6.07) is 7.24. The Hall–Kier alpha value is -1.84. The number of nitrogens with one attached hydrogen (secondary N) is 1. The van der Waals surface area contributed by atoms with Gasteiger partial charge in [0, 0.05) is 5.92 Å². The van der Waals surface area contributed by atoms with Crippen LogP contribution in [-0.2, 0) is 22.4 Å². The second kappa shape index (κ2) is 5.87. The first-order valence-corrected chi connectivity index (χ1v) is 6.71. The van der Waals surface area contributed by atoms with Crippen molar-refractivity contribution in [2.24, 2.45) is 5.92 Å². The van der Waals surface area contributed by atoms with Crippen LogP contribution in [0.15, 0.2) is 24.3 Å². The summed E-state index contributed by atoms with van der Waals surface area (Å²) in [6.45, 7) is 1.91. The maximum Gasteiger partial charge on any atom is 0.326 e. The molecule has 0 fully saturated rings. The van der Waals surface area contributed by atoms with Gasteiger partial charge in [-0.3, -0.25) is 4.79 Å². The molecule has 4 nitrogen and oxygen atoms in total. The van der Waals surface area contributed by atoms with Gasteiger partial charge < -0.3 is 10.4 Å². The lowest BCUT2D eigenvalue weighted by Crippen LogP contribution is -2.43. The summed E-state index contributed by atoms with van der Waals surface area (Å²) in [5.41, 5.74) is 2.40. The Labute approximate surface area is 112 Å². The van der Waals surface area contributed by atoms with Crippen LogP contribution in [0.3, 0.4) is 0 Å². The summed E-state index contributed by atoms with van der Waals surface area (Å²) < 4.78 is 0. The molecular formula is C15H19NO3. The molecule has 0 aliphatic heterocycles. The van der Waals surface area contributed by atoms with E-state index in [9.17, 15) is 9.59 Å². The van der Waals surface area contributed by atoms with E-state index < -0.39 is 12.0 Å². The summed E-state index contributed by atoms with van der Waals surface area (Å²) >= 11 is 0. The minimum atomic E-state index is -0.953. The molecule has 0 radical (unpaired) electrons. The van der Waals surface area contributed by atoms with Crippen LogP contribution in [0, 0.1) is 5.92 Å². The molecule has 0 bridgehead atoms. The Morgan fingerprint density at radius 2 is 1.89 bits per heavy atom. The number of carbonyl (C=O) groups excluding carboxylic acids is 1. The minimum Gasteiger partial charge on any atom is -0.480 e. The first-order chi connectivity index (χ1) is 9.11. The van der Waals surface area contributed by atoms with Crippen molar-refractivity contribution >= 4 is 11.9 Å². The van der Waals surface area contributed by atoms with Crippen LogP contribution in [0.1, 0.15) is 30.9 Å². The van der Waals surface area contributed by atoms with Crippen molar-refractivity contribution in [1.29, 1.82) is 0 Å². The molecule has 0 aromatic heterocycles. The van der Waals surface area contributed by atoms with Crippen molar-refractivity contribution in [2.45, 2.75) is 38.6 Å². The Balaban J connectivity index is 1.97. The molecule has 19 heavy (non-hydrogen) atoms. The first kappa shape index (κ1) is 13.6. The molecule has 2 N–H and O–H groups in total. The van der Waals surface area contributed by atoms with Gasteiger partial charge >= 0.3 is 5.97 Å². The van der Waals surface area contributed by atoms with E-state index in [0.29, 0.717) is 19.3 Å². The van der Waals surface area contributed by atoms with Crippen LogP contribution in [0.4, 0.5) is 0 Å². The van der Waals surface area contributed by atoms with Gasteiger partial charge in [0.15, 0.2) is 0 Å². The van der Waals surface area contributed by atoms with Crippen LogP contribution in [0.5, 0.6) is 0 Å². The zero-order valence-corrected chi connectivity index (χ0v) is 11.1. The normalized spacial score (nSPS) is 15.8. The van der Waals surface area contributed by atoms with Gasteiger partial charge in [0.25, 0.3) is 0 Å². The van der Waals surface area contributed by atoms with E-state index in [-0.39, 0.29) is 11.8 Å². The SMILES string of the molecule is CCC[C@@H](NC(=O)C1Cc2ccccc2C1)C(=O)O. The van der Waals surface area contributed by atoms with E-state index in [0.717, 1.165) is 6.42 Å². The summed E-state index contributed by atoms with van der Waals surface area (Å²) in [4.78, 5) is 23.2. The van der Waals surface area contributed by atoms with Crippen molar-refractivity contribution in [2.75, 3.05) is 0 Å². The average molecular weight is 261 g/mol. The third kappa shape index (κ3) is 3.13. The Morgan fingerprint density at radius 3 is 2.37 bits per heavy atom. The van der Waals surface area contributed by atoms with Gasteiger partial charge in [-0.2, -0.15) is 0 Å². The molecule has 4 heteroatoms. The second-order valence-corrected chi connectivity index (χ2v) is 5.06. The molecule has 102 valence electrons. The maximum atomic E-state index is 12.1. The number of rotatable bonds is 5. The molecule has 1 aliphatic carbocycles. The van der Waals surface area contributed by atoms with Gasteiger partial charge in [0.1, 0.15) is 6.04 Å². The number of fused-ring (bicyclic) bond motifs is 1. The van der Waals surface area contributed by atoms with Crippen molar-refractivity contribution in [1.82, 2.24) is 5.32 Å². The fourth-order valence-corrected chi connectivity index (χ4v) is 2.58. The van der Waals surface area contributed by atoms with Crippen molar-refractivity contribution < 1.29 is 14.7 Å². The number of aliphatic carboxylic acids is 1. The fourth-order valence-electron chi connectivity index (χ4n) is 2.58. The quantitative estimate of drug-likeness (QED) is 0.849. The highest BCUT2D eigenvalue weighted by Crippen LogP contribution is 2.26. The van der Waals surface area contributed by atoms with E-state index in [4.69, 9.17) is 5.11 Å². The molecule has 2 rings (SSSR count). The van der Waals surface area contributed by atoms with Crippen LogP contribution < -0.4 is 5.32 Å². The Bertz CT molecular complexity index is 459.